The van der Waals surface area contributed by atoms with Gasteiger partial charge in [-0.2, -0.15) is 0 Å². The molecule has 0 saturated carbocycles. The molecule has 1 aromatic carbocycles. The van der Waals surface area contributed by atoms with E-state index in [9.17, 15) is 9.18 Å². The highest BCUT2D eigenvalue weighted by atomic mass is 79.9. The first-order valence-corrected chi connectivity index (χ1v) is 6.61. The van der Waals surface area contributed by atoms with Crippen LogP contribution in [0.15, 0.2) is 16.6 Å². The molecule has 4 nitrogen and oxygen atoms in total. The van der Waals surface area contributed by atoms with E-state index in [1.54, 1.807) is 19.9 Å². The summed E-state index contributed by atoms with van der Waals surface area (Å²) in [4.78, 5) is 12.4. The van der Waals surface area contributed by atoms with E-state index in [1.807, 2.05) is 0 Å². The number of hydrogen-bond donors (Lipinski definition) is 1. The van der Waals surface area contributed by atoms with Crippen molar-refractivity contribution >= 4 is 39.1 Å². The number of nitrogens with zero attached hydrogens (tertiary/aromatic N) is 2. The van der Waals surface area contributed by atoms with Gasteiger partial charge in [-0.3, -0.25) is 4.79 Å². The lowest BCUT2D eigenvalue weighted by atomic mass is 10.2. The third kappa shape index (κ3) is 2.56. The highest BCUT2D eigenvalue weighted by Crippen LogP contribution is 2.24. The molecule has 2 aromatic rings. The third-order valence-corrected chi connectivity index (χ3v) is 3.81. The normalized spacial score (nSPS) is 10.4. The number of halogens is 2. The molecule has 0 saturated heterocycles. The van der Waals surface area contributed by atoms with Crippen LogP contribution in [0.4, 0.5) is 10.1 Å². The molecule has 0 radical (unpaired) electrons. The van der Waals surface area contributed by atoms with E-state index in [0.29, 0.717) is 20.7 Å². The average molecular weight is 330 g/mol. The monoisotopic (exact) mass is 329 g/mol. The second kappa shape index (κ2) is 5.11. The largest absolute Gasteiger partial charge is 0.321 e. The Morgan fingerprint density at radius 1 is 1.44 bits per heavy atom. The predicted molar refractivity (Wildman–Crippen MR) is 71.4 cm³/mol. The van der Waals surface area contributed by atoms with Crippen molar-refractivity contribution in [2.75, 3.05) is 5.32 Å². The molecule has 1 heterocycles. The molecule has 7 heteroatoms. The Balaban J connectivity index is 2.28. The fourth-order valence-corrected chi connectivity index (χ4v) is 2.41. The molecule has 0 unspecified atom stereocenters. The molecule has 0 aliphatic carbocycles. The Bertz CT molecular complexity index is 614. The molecule has 2 rings (SSSR count). The molecule has 0 bridgehead atoms. The van der Waals surface area contributed by atoms with E-state index in [-0.39, 0.29) is 5.91 Å². The first-order chi connectivity index (χ1) is 8.49. The van der Waals surface area contributed by atoms with Gasteiger partial charge < -0.3 is 5.32 Å². The van der Waals surface area contributed by atoms with Crippen molar-refractivity contribution in [3.05, 3.63) is 38.6 Å². The van der Waals surface area contributed by atoms with Crippen molar-refractivity contribution in [1.82, 2.24) is 9.59 Å². The van der Waals surface area contributed by atoms with Gasteiger partial charge in [0.25, 0.3) is 5.91 Å². The summed E-state index contributed by atoms with van der Waals surface area (Å²) in [5.74, 6) is -0.748. The number of aromatic nitrogens is 2. The molecule has 1 aromatic heterocycles. The van der Waals surface area contributed by atoms with Crippen LogP contribution < -0.4 is 5.32 Å². The van der Waals surface area contributed by atoms with Crippen molar-refractivity contribution in [2.24, 2.45) is 0 Å². The maximum atomic E-state index is 13.4. The highest BCUT2D eigenvalue weighted by molar-refractivity contribution is 9.10. The summed E-state index contributed by atoms with van der Waals surface area (Å²) in [6, 6.07) is 2.89. The van der Waals surface area contributed by atoms with E-state index in [2.05, 4.69) is 30.8 Å². The van der Waals surface area contributed by atoms with Crippen LogP contribution in [0.5, 0.6) is 0 Å². The van der Waals surface area contributed by atoms with Crippen LogP contribution in [-0.2, 0) is 0 Å². The summed E-state index contributed by atoms with van der Waals surface area (Å²) in [5, 5.41) is 6.41. The highest BCUT2D eigenvalue weighted by Gasteiger charge is 2.15. The Morgan fingerprint density at radius 3 is 2.78 bits per heavy atom. The van der Waals surface area contributed by atoms with Gasteiger partial charge in [-0.05, 0) is 59.0 Å². The predicted octanol–water partition coefficient (Wildman–Crippen LogP) is 3.31. The van der Waals surface area contributed by atoms with Crippen LogP contribution in [0.25, 0.3) is 0 Å². The van der Waals surface area contributed by atoms with Gasteiger partial charge in [-0.25, -0.2) is 4.39 Å². The minimum absolute atomic E-state index is 0.327. The second-order valence-corrected chi connectivity index (χ2v) is 5.33. The maximum absolute atomic E-state index is 13.4. The molecular formula is C11H9BrFN3OS. The summed E-state index contributed by atoms with van der Waals surface area (Å²) in [7, 11) is 0. The molecule has 0 fully saturated rings. The number of carbonyl (C=O) groups excluding carboxylic acids is 1. The smallest absolute Gasteiger partial charge is 0.269 e. The summed E-state index contributed by atoms with van der Waals surface area (Å²) >= 11 is 4.11. The summed E-state index contributed by atoms with van der Waals surface area (Å²) in [6.45, 7) is 3.49. The molecule has 1 amide bonds. The number of hydrogen-bond acceptors (Lipinski definition) is 4. The van der Waals surface area contributed by atoms with E-state index in [0.717, 1.165) is 17.1 Å². The van der Waals surface area contributed by atoms with E-state index < -0.39 is 5.82 Å². The fourth-order valence-electron chi connectivity index (χ4n) is 1.40. The lowest BCUT2D eigenvalue weighted by Gasteiger charge is -2.08. The number of anilines is 1. The molecule has 1 N–H and O–H groups in total. The zero-order valence-electron chi connectivity index (χ0n) is 9.62. The van der Waals surface area contributed by atoms with Crippen molar-refractivity contribution in [3.8, 4) is 0 Å². The minimum Gasteiger partial charge on any atom is -0.321 e. The van der Waals surface area contributed by atoms with Crippen molar-refractivity contribution in [2.45, 2.75) is 13.8 Å². The van der Waals surface area contributed by atoms with Gasteiger partial charge in [0.2, 0.25) is 0 Å². The zero-order valence-corrected chi connectivity index (χ0v) is 12.0. The van der Waals surface area contributed by atoms with Gasteiger partial charge in [0.05, 0.1) is 10.2 Å². The van der Waals surface area contributed by atoms with E-state index in [4.69, 9.17) is 0 Å². The van der Waals surface area contributed by atoms with Gasteiger partial charge >= 0.3 is 0 Å². The van der Waals surface area contributed by atoms with Crippen molar-refractivity contribution in [1.29, 1.82) is 0 Å². The fraction of sp³-hybridized carbons (Fsp3) is 0.182. The zero-order chi connectivity index (χ0) is 13.3. The topological polar surface area (TPSA) is 54.9 Å². The van der Waals surface area contributed by atoms with Gasteiger partial charge in [0, 0.05) is 5.69 Å². The van der Waals surface area contributed by atoms with Gasteiger partial charge in [-0.1, -0.05) is 4.49 Å². The van der Waals surface area contributed by atoms with E-state index in [1.165, 1.54) is 6.07 Å². The summed E-state index contributed by atoms with van der Waals surface area (Å²) in [6.07, 6.45) is 0. The molecule has 0 aliphatic heterocycles. The Labute approximate surface area is 116 Å². The van der Waals surface area contributed by atoms with Crippen molar-refractivity contribution in [3.63, 3.8) is 0 Å². The molecule has 18 heavy (non-hydrogen) atoms. The van der Waals surface area contributed by atoms with Crippen LogP contribution in [0.3, 0.4) is 0 Å². The average Bonchev–Trinajstić information content (AvgIpc) is 2.72. The number of aryl methyl sites for hydroxylation is 2. The molecule has 0 atom stereocenters. The molecule has 0 spiro atoms. The molecular weight excluding hydrogens is 321 g/mol. The van der Waals surface area contributed by atoms with Gasteiger partial charge in [0.15, 0.2) is 0 Å². The maximum Gasteiger partial charge on any atom is 0.269 e. The molecule has 0 aliphatic rings. The number of nitrogens with one attached hydrogen (secondary N) is 1. The standard InChI is InChI=1S/C11H9BrFN3OS/c1-5-3-7(12)8(13)4-9(5)14-11(17)10-6(2)15-16-18-10/h3-4H,1-2H3,(H,14,17). The number of carbonyl (C=O) groups is 1. The Kier molecular flexibility index (Phi) is 3.72. The Morgan fingerprint density at radius 2 is 2.17 bits per heavy atom. The first-order valence-electron chi connectivity index (χ1n) is 5.05. The summed E-state index contributed by atoms with van der Waals surface area (Å²) < 4.78 is 17.5. The Hall–Kier alpha value is -1.34. The lowest BCUT2D eigenvalue weighted by Crippen LogP contribution is -2.12. The van der Waals surface area contributed by atoms with E-state index >= 15 is 0 Å². The SMILES string of the molecule is Cc1cc(Br)c(F)cc1NC(=O)c1snnc1C. The van der Waals surface area contributed by atoms with Crippen LogP contribution in [0.1, 0.15) is 20.9 Å². The van der Waals surface area contributed by atoms with Crippen LogP contribution >= 0.6 is 27.5 Å². The van der Waals surface area contributed by atoms with Crippen LogP contribution in [-0.4, -0.2) is 15.5 Å². The quantitative estimate of drug-likeness (QED) is 0.919. The van der Waals surface area contributed by atoms with Crippen molar-refractivity contribution < 1.29 is 9.18 Å². The number of rotatable bonds is 2. The molecule has 94 valence electrons. The lowest BCUT2D eigenvalue weighted by molar-refractivity contribution is 0.102. The summed E-state index contributed by atoms with van der Waals surface area (Å²) in [5.41, 5.74) is 1.77. The van der Waals surface area contributed by atoms with Gasteiger partial charge in [0.1, 0.15) is 10.7 Å². The minimum atomic E-state index is -0.421. The van der Waals surface area contributed by atoms with Gasteiger partial charge in [-0.15, -0.1) is 5.10 Å². The van der Waals surface area contributed by atoms with Crippen LogP contribution in [0, 0.1) is 19.7 Å². The second-order valence-electron chi connectivity index (χ2n) is 3.72. The first kappa shape index (κ1) is 13.1. The number of amides is 1. The number of benzene rings is 1. The van der Waals surface area contributed by atoms with Crippen LogP contribution in [0.2, 0.25) is 0 Å². The third-order valence-electron chi connectivity index (χ3n) is 2.37.